The van der Waals surface area contributed by atoms with Crippen LogP contribution in [0.3, 0.4) is 0 Å². The lowest BCUT2D eigenvalue weighted by atomic mass is 10.0. The van der Waals surface area contributed by atoms with Crippen LogP contribution in [0.5, 0.6) is 0 Å². The Morgan fingerprint density at radius 1 is 0.611 bits per heavy atom. The molecule has 0 saturated carbocycles. The SMILES string of the molecule is O=CCCCCCCCCCCC(=O)NC(COCCC=O)(COCCC(=O)O)COCCC(=O)O. The summed E-state index contributed by atoms with van der Waals surface area (Å²) in [6.07, 6.45) is 10.2. The molecule has 0 aromatic rings. The summed E-state index contributed by atoms with van der Waals surface area (Å²) in [7, 11) is 0. The fraction of sp³-hybridized carbons (Fsp3) is 0.800. The molecule has 0 atom stereocenters. The Bertz CT molecular complexity index is 604. The number of amides is 1. The van der Waals surface area contributed by atoms with Crippen molar-refractivity contribution in [2.45, 2.75) is 89.0 Å². The quantitative estimate of drug-likeness (QED) is 0.109. The minimum atomic E-state index is -1.15. The van der Waals surface area contributed by atoms with E-state index in [0.717, 1.165) is 51.2 Å². The number of nitrogens with one attached hydrogen (secondary N) is 1. The van der Waals surface area contributed by atoms with Crippen LogP contribution in [0.1, 0.15) is 83.5 Å². The number of carbonyl (C=O) groups excluding carboxylic acids is 3. The standard InChI is InChI=1S/C25H43NO10/c27-14-9-7-5-3-1-2-4-6-8-11-22(29)26-25(19-34-16-10-15-28,20-35-17-12-23(30)31)21-36-18-13-24(32)33/h14-15H,1-13,16-21H2,(H,26,29)(H,30,31)(H,32,33). The summed E-state index contributed by atoms with van der Waals surface area (Å²) in [6.45, 7) is -0.261. The molecule has 0 aliphatic carbocycles. The van der Waals surface area contributed by atoms with Gasteiger partial charge in [0.15, 0.2) is 0 Å². The van der Waals surface area contributed by atoms with Crippen molar-refractivity contribution in [1.29, 1.82) is 0 Å². The van der Waals surface area contributed by atoms with Crippen molar-refractivity contribution in [1.82, 2.24) is 5.32 Å². The number of unbranched alkanes of at least 4 members (excludes halogenated alkanes) is 8. The Labute approximate surface area is 213 Å². The second-order valence-corrected chi connectivity index (χ2v) is 8.76. The molecule has 0 fully saturated rings. The number of carboxylic acids is 2. The van der Waals surface area contributed by atoms with Gasteiger partial charge in [0.05, 0.1) is 52.5 Å². The molecule has 208 valence electrons. The van der Waals surface area contributed by atoms with E-state index in [2.05, 4.69) is 5.32 Å². The Morgan fingerprint density at radius 2 is 1.06 bits per heavy atom. The molecule has 0 radical (unpaired) electrons. The van der Waals surface area contributed by atoms with Gasteiger partial charge in [-0.1, -0.05) is 38.5 Å². The number of hydrogen-bond acceptors (Lipinski definition) is 8. The summed E-state index contributed by atoms with van der Waals surface area (Å²) in [4.78, 5) is 55.2. The molecule has 3 N–H and O–H groups in total. The molecular weight excluding hydrogens is 474 g/mol. The highest BCUT2D eigenvalue weighted by molar-refractivity contribution is 5.76. The predicted molar refractivity (Wildman–Crippen MR) is 131 cm³/mol. The Kier molecular flexibility index (Phi) is 21.5. The van der Waals surface area contributed by atoms with Gasteiger partial charge in [0, 0.05) is 19.3 Å². The first-order valence-corrected chi connectivity index (χ1v) is 12.7. The van der Waals surface area contributed by atoms with Crippen LogP contribution in [-0.2, 0) is 38.2 Å². The third-order valence-corrected chi connectivity index (χ3v) is 5.32. The molecule has 0 unspecified atom stereocenters. The van der Waals surface area contributed by atoms with Gasteiger partial charge in [-0.25, -0.2) is 0 Å². The Hall–Kier alpha value is -2.37. The smallest absolute Gasteiger partial charge is 0.305 e. The van der Waals surface area contributed by atoms with Crippen molar-refractivity contribution >= 4 is 30.4 Å². The van der Waals surface area contributed by atoms with Gasteiger partial charge in [-0.15, -0.1) is 0 Å². The van der Waals surface area contributed by atoms with Gasteiger partial charge in [-0.05, 0) is 12.8 Å². The summed E-state index contributed by atoms with van der Waals surface area (Å²) < 4.78 is 16.5. The van der Waals surface area contributed by atoms with Crippen molar-refractivity contribution in [3.05, 3.63) is 0 Å². The van der Waals surface area contributed by atoms with Gasteiger partial charge >= 0.3 is 11.9 Å². The van der Waals surface area contributed by atoms with Crippen LogP contribution in [0.4, 0.5) is 0 Å². The van der Waals surface area contributed by atoms with Crippen LogP contribution < -0.4 is 5.32 Å². The zero-order valence-electron chi connectivity index (χ0n) is 21.3. The van der Waals surface area contributed by atoms with E-state index in [1.165, 1.54) is 0 Å². The molecule has 0 aromatic heterocycles. The lowest BCUT2D eigenvalue weighted by molar-refractivity contribution is -0.139. The average molecular weight is 518 g/mol. The Balaban J connectivity index is 4.76. The summed E-state index contributed by atoms with van der Waals surface area (Å²) >= 11 is 0. The van der Waals surface area contributed by atoms with Crippen LogP contribution in [0.2, 0.25) is 0 Å². The maximum atomic E-state index is 12.7. The van der Waals surface area contributed by atoms with Crippen LogP contribution in [0.25, 0.3) is 0 Å². The molecule has 0 saturated heterocycles. The number of carbonyl (C=O) groups is 5. The molecule has 36 heavy (non-hydrogen) atoms. The summed E-state index contributed by atoms with van der Waals surface area (Å²) in [5.74, 6) is -2.29. The van der Waals surface area contributed by atoms with E-state index >= 15 is 0 Å². The zero-order valence-corrected chi connectivity index (χ0v) is 21.3. The van der Waals surface area contributed by atoms with Crippen LogP contribution in [-0.4, -0.2) is 85.8 Å². The van der Waals surface area contributed by atoms with Crippen molar-refractivity contribution in [2.24, 2.45) is 0 Å². The van der Waals surface area contributed by atoms with Crippen LogP contribution >= 0.6 is 0 Å². The number of ether oxygens (including phenoxy) is 3. The molecule has 0 heterocycles. The zero-order chi connectivity index (χ0) is 26.9. The molecule has 1 amide bonds. The van der Waals surface area contributed by atoms with E-state index in [-0.39, 0.29) is 71.2 Å². The second kappa shape index (κ2) is 23.1. The maximum Gasteiger partial charge on any atom is 0.305 e. The molecule has 0 bridgehead atoms. The average Bonchev–Trinajstić information content (AvgIpc) is 2.83. The second-order valence-electron chi connectivity index (χ2n) is 8.76. The third-order valence-electron chi connectivity index (χ3n) is 5.32. The largest absolute Gasteiger partial charge is 0.481 e. The lowest BCUT2D eigenvalue weighted by Gasteiger charge is -2.34. The Morgan fingerprint density at radius 3 is 1.53 bits per heavy atom. The number of aliphatic carboxylic acids is 2. The van der Waals surface area contributed by atoms with Gasteiger partial charge in [0.2, 0.25) is 5.91 Å². The van der Waals surface area contributed by atoms with E-state index < -0.39 is 17.5 Å². The van der Waals surface area contributed by atoms with Crippen LogP contribution in [0.15, 0.2) is 0 Å². The van der Waals surface area contributed by atoms with E-state index in [1.54, 1.807) is 0 Å². The summed E-state index contributed by atoms with van der Waals surface area (Å²) in [5.41, 5.74) is -1.15. The maximum absolute atomic E-state index is 12.7. The first-order chi connectivity index (χ1) is 17.3. The number of aldehydes is 2. The third kappa shape index (κ3) is 21.0. The number of carboxylic acid groups (broad SMARTS) is 2. The molecule has 0 aromatic carbocycles. The molecule has 0 spiro atoms. The number of rotatable bonds is 27. The lowest BCUT2D eigenvalue weighted by Crippen LogP contribution is -2.58. The molecular formula is C25H43NO10. The minimum Gasteiger partial charge on any atom is -0.481 e. The molecule has 11 nitrogen and oxygen atoms in total. The van der Waals surface area contributed by atoms with Gasteiger partial charge in [-0.2, -0.15) is 0 Å². The van der Waals surface area contributed by atoms with Crippen LogP contribution in [0, 0.1) is 0 Å². The van der Waals surface area contributed by atoms with E-state index in [1.807, 2.05) is 0 Å². The fourth-order valence-corrected chi connectivity index (χ4v) is 3.42. The fourth-order valence-electron chi connectivity index (χ4n) is 3.42. The highest BCUT2D eigenvalue weighted by Crippen LogP contribution is 2.13. The van der Waals surface area contributed by atoms with Gasteiger partial charge in [-0.3, -0.25) is 14.4 Å². The minimum absolute atomic E-state index is 0.0448. The van der Waals surface area contributed by atoms with Crippen molar-refractivity contribution in [2.75, 3.05) is 39.6 Å². The topological polar surface area (TPSA) is 166 Å². The summed E-state index contributed by atoms with van der Waals surface area (Å²) in [6, 6.07) is 0. The highest BCUT2D eigenvalue weighted by atomic mass is 16.5. The van der Waals surface area contributed by atoms with Crippen molar-refractivity contribution in [3.8, 4) is 0 Å². The van der Waals surface area contributed by atoms with E-state index in [9.17, 15) is 24.0 Å². The molecule has 0 aliphatic rings. The van der Waals surface area contributed by atoms with Gasteiger partial charge in [0.25, 0.3) is 0 Å². The first-order valence-electron chi connectivity index (χ1n) is 12.7. The van der Waals surface area contributed by atoms with E-state index in [0.29, 0.717) is 19.1 Å². The predicted octanol–water partition coefficient (Wildman–Crippen LogP) is 2.53. The van der Waals surface area contributed by atoms with Crippen molar-refractivity contribution < 1.29 is 48.4 Å². The van der Waals surface area contributed by atoms with Crippen molar-refractivity contribution in [3.63, 3.8) is 0 Å². The molecule has 0 aliphatic heterocycles. The molecule has 11 heteroatoms. The monoisotopic (exact) mass is 517 g/mol. The van der Waals surface area contributed by atoms with Gasteiger partial charge in [0.1, 0.15) is 18.1 Å². The highest BCUT2D eigenvalue weighted by Gasteiger charge is 2.33. The molecule has 0 rings (SSSR count). The van der Waals surface area contributed by atoms with E-state index in [4.69, 9.17) is 24.4 Å². The number of hydrogen-bond donors (Lipinski definition) is 3. The summed E-state index contributed by atoms with van der Waals surface area (Å²) in [5, 5.41) is 20.6. The normalized spacial score (nSPS) is 11.2. The van der Waals surface area contributed by atoms with Gasteiger partial charge < -0.3 is 39.3 Å². The first kappa shape index (κ1) is 33.6.